The Bertz CT molecular complexity index is 579. The van der Waals surface area contributed by atoms with Gasteiger partial charge in [0.1, 0.15) is 5.75 Å². The van der Waals surface area contributed by atoms with E-state index in [0.717, 1.165) is 17.4 Å². The summed E-state index contributed by atoms with van der Waals surface area (Å²) < 4.78 is 11.0. The number of rotatable bonds is 5. The molecule has 1 aliphatic rings. The highest BCUT2D eigenvalue weighted by atomic mass is 32.2. The van der Waals surface area contributed by atoms with Gasteiger partial charge in [-0.3, -0.25) is 0 Å². The first-order valence-corrected chi connectivity index (χ1v) is 8.43. The fraction of sp³-hybridized carbons (Fsp3) is 0.500. The van der Waals surface area contributed by atoms with Gasteiger partial charge >= 0.3 is 0 Å². The minimum atomic E-state index is 0.470. The Balaban J connectivity index is 1.59. The summed E-state index contributed by atoms with van der Waals surface area (Å²) in [5.74, 6) is 2.98. The van der Waals surface area contributed by atoms with Crippen LogP contribution in [0.3, 0.4) is 0 Å². The molecule has 0 amide bonds. The van der Waals surface area contributed by atoms with Crippen LogP contribution >= 0.6 is 11.8 Å². The van der Waals surface area contributed by atoms with E-state index in [4.69, 9.17) is 9.15 Å². The lowest BCUT2D eigenvalue weighted by Gasteiger charge is -2.17. The third kappa shape index (κ3) is 3.79. The maximum absolute atomic E-state index is 5.81. The third-order valence-corrected chi connectivity index (χ3v) is 4.76. The molecule has 1 saturated carbocycles. The number of hydrogen-bond acceptors (Lipinski definition) is 5. The van der Waals surface area contributed by atoms with Crippen molar-refractivity contribution in [2.45, 2.75) is 49.0 Å². The molecule has 0 bridgehead atoms. The first-order chi connectivity index (χ1) is 10.3. The molecule has 1 heterocycles. The molecule has 3 rings (SSSR count). The van der Waals surface area contributed by atoms with Crippen LogP contribution in [0.1, 0.15) is 49.5 Å². The molecule has 112 valence electrons. The summed E-state index contributed by atoms with van der Waals surface area (Å²) in [5, 5.41) is 9.05. The van der Waals surface area contributed by atoms with Crippen molar-refractivity contribution in [3.63, 3.8) is 0 Å². The van der Waals surface area contributed by atoms with E-state index >= 15 is 0 Å². The topological polar surface area (TPSA) is 48.2 Å². The van der Waals surface area contributed by atoms with Crippen LogP contribution in [-0.4, -0.2) is 17.3 Å². The van der Waals surface area contributed by atoms with Gasteiger partial charge in [-0.25, -0.2) is 0 Å². The summed E-state index contributed by atoms with van der Waals surface area (Å²) in [6.45, 7) is 0. The van der Waals surface area contributed by atoms with Crippen molar-refractivity contribution in [2.24, 2.45) is 0 Å². The van der Waals surface area contributed by atoms with Gasteiger partial charge in [-0.05, 0) is 30.5 Å². The van der Waals surface area contributed by atoms with E-state index in [1.54, 1.807) is 18.9 Å². The molecule has 1 aromatic heterocycles. The van der Waals surface area contributed by atoms with Crippen molar-refractivity contribution < 1.29 is 9.15 Å². The zero-order valence-corrected chi connectivity index (χ0v) is 13.1. The first kappa shape index (κ1) is 14.4. The number of nitrogens with zero attached hydrogens (tertiary/aromatic N) is 2. The summed E-state index contributed by atoms with van der Waals surface area (Å²) in [4.78, 5) is 0. The molecule has 0 atom stereocenters. The molecule has 0 unspecified atom stereocenters. The lowest BCUT2D eigenvalue weighted by Crippen LogP contribution is -2.04. The summed E-state index contributed by atoms with van der Waals surface area (Å²) in [6.07, 6.45) is 6.26. The normalized spacial score (nSPS) is 16.0. The molecule has 1 aromatic carbocycles. The smallest absolute Gasteiger partial charge is 0.276 e. The number of methoxy groups -OCH3 is 1. The van der Waals surface area contributed by atoms with Crippen molar-refractivity contribution in [2.75, 3.05) is 7.11 Å². The average Bonchev–Trinajstić information content (AvgIpc) is 3.03. The molecular formula is C16H20N2O2S. The number of hydrogen-bond donors (Lipinski definition) is 0. The second kappa shape index (κ2) is 6.98. The fourth-order valence-corrected chi connectivity index (χ4v) is 3.41. The van der Waals surface area contributed by atoms with E-state index < -0.39 is 0 Å². The molecule has 5 heteroatoms. The number of thioether (sulfide) groups is 1. The minimum absolute atomic E-state index is 0.470. The fourth-order valence-electron chi connectivity index (χ4n) is 2.70. The van der Waals surface area contributed by atoms with Crippen molar-refractivity contribution in [1.29, 1.82) is 0 Å². The summed E-state index contributed by atoms with van der Waals surface area (Å²) in [5.41, 5.74) is 1.19. The number of aromatic nitrogens is 2. The van der Waals surface area contributed by atoms with Crippen molar-refractivity contribution in [3.8, 4) is 5.75 Å². The van der Waals surface area contributed by atoms with Crippen LogP contribution in [-0.2, 0) is 5.75 Å². The molecule has 0 saturated heterocycles. The highest BCUT2D eigenvalue weighted by Gasteiger charge is 2.21. The van der Waals surface area contributed by atoms with Gasteiger partial charge in [-0.2, -0.15) is 0 Å². The Hall–Kier alpha value is -1.49. The predicted molar refractivity (Wildman–Crippen MR) is 82.7 cm³/mol. The highest BCUT2D eigenvalue weighted by molar-refractivity contribution is 7.98. The van der Waals surface area contributed by atoms with E-state index in [1.165, 1.54) is 37.7 Å². The molecule has 0 N–H and O–H groups in total. The van der Waals surface area contributed by atoms with E-state index in [0.29, 0.717) is 11.1 Å². The number of benzene rings is 1. The van der Waals surface area contributed by atoms with Crippen LogP contribution in [0.5, 0.6) is 5.75 Å². The van der Waals surface area contributed by atoms with Crippen LogP contribution in [0.4, 0.5) is 0 Å². The largest absolute Gasteiger partial charge is 0.497 e. The van der Waals surface area contributed by atoms with Crippen LogP contribution in [0.25, 0.3) is 0 Å². The van der Waals surface area contributed by atoms with Crippen LogP contribution in [0.2, 0.25) is 0 Å². The Kier molecular flexibility index (Phi) is 4.80. The molecule has 1 fully saturated rings. The van der Waals surface area contributed by atoms with Crippen LogP contribution < -0.4 is 4.74 Å². The minimum Gasteiger partial charge on any atom is -0.497 e. The second-order valence-corrected chi connectivity index (χ2v) is 6.31. The zero-order valence-electron chi connectivity index (χ0n) is 12.2. The third-order valence-electron chi connectivity index (χ3n) is 3.87. The average molecular weight is 304 g/mol. The van der Waals surface area contributed by atoms with E-state index in [9.17, 15) is 0 Å². The van der Waals surface area contributed by atoms with Crippen molar-refractivity contribution in [1.82, 2.24) is 10.2 Å². The van der Waals surface area contributed by atoms with Crippen LogP contribution in [0.15, 0.2) is 33.9 Å². The maximum atomic E-state index is 5.81. The quantitative estimate of drug-likeness (QED) is 0.765. The summed E-state index contributed by atoms with van der Waals surface area (Å²) in [6, 6.07) is 8.05. The van der Waals surface area contributed by atoms with Gasteiger partial charge in [0.25, 0.3) is 5.22 Å². The Labute approximate surface area is 129 Å². The maximum Gasteiger partial charge on any atom is 0.276 e. The van der Waals surface area contributed by atoms with E-state index in [-0.39, 0.29) is 0 Å². The van der Waals surface area contributed by atoms with E-state index in [2.05, 4.69) is 16.3 Å². The molecule has 21 heavy (non-hydrogen) atoms. The van der Waals surface area contributed by atoms with Gasteiger partial charge in [0.2, 0.25) is 5.89 Å². The van der Waals surface area contributed by atoms with Gasteiger partial charge < -0.3 is 9.15 Å². The monoisotopic (exact) mass is 304 g/mol. The molecule has 2 aromatic rings. The van der Waals surface area contributed by atoms with Gasteiger partial charge in [0.15, 0.2) is 0 Å². The lowest BCUT2D eigenvalue weighted by atomic mass is 9.89. The Morgan fingerprint density at radius 1 is 1.24 bits per heavy atom. The Morgan fingerprint density at radius 3 is 2.90 bits per heavy atom. The molecular weight excluding hydrogens is 284 g/mol. The number of ether oxygens (including phenoxy) is 1. The molecule has 4 nitrogen and oxygen atoms in total. The summed E-state index contributed by atoms with van der Waals surface area (Å²) in [7, 11) is 1.68. The van der Waals surface area contributed by atoms with Gasteiger partial charge in [-0.1, -0.05) is 43.2 Å². The van der Waals surface area contributed by atoms with Crippen molar-refractivity contribution >= 4 is 11.8 Å². The second-order valence-electron chi connectivity index (χ2n) is 5.38. The highest BCUT2D eigenvalue weighted by Crippen LogP contribution is 2.33. The van der Waals surface area contributed by atoms with Crippen molar-refractivity contribution in [3.05, 3.63) is 35.7 Å². The molecule has 0 spiro atoms. The molecule has 1 aliphatic carbocycles. The summed E-state index contributed by atoms with van der Waals surface area (Å²) >= 11 is 1.58. The Morgan fingerprint density at radius 2 is 2.10 bits per heavy atom. The lowest BCUT2D eigenvalue weighted by molar-refractivity contribution is 0.334. The molecule has 0 aliphatic heterocycles. The van der Waals surface area contributed by atoms with Gasteiger partial charge in [-0.15, -0.1) is 10.2 Å². The van der Waals surface area contributed by atoms with Gasteiger partial charge in [0.05, 0.1) is 7.11 Å². The van der Waals surface area contributed by atoms with Gasteiger partial charge in [0, 0.05) is 11.7 Å². The predicted octanol–water partition coefficient (Wildman–Crippen LogP) is 4.42. The SMILES string of the molecule is COc1cccc(CSc2nnc(C3CCCCC3)o2)c1. The van der Waals surface area contributed by atoms with Crippen LogP contribution in [0, 0.1) is 0 Å². The zero-order chi connectivity index (χ0) is 14.5. The van der Waals surface area contributed by atoms with E-state index in [1.807, 2.05) is 18.2 Å². The molecule has 0 radical (unpaired) electrons. The first-order valence-electron chi connectivity index (χ1n) is 7.44. The standard InChI is InChI=1S/C16H20N2O2S/c1-19-14-9-5-6-12(10-14)11-21-16-18-17-15(20-16)13-7-3-2-4-8-13/h5-6,9-10,13H,2-4,7-8,11H2,1H3.